The smallest absolute Gasteiger partial charge is 0.270 e. The molecule has 0 bridgehead atoms. The molecular weight excluding hydrogens is 254 g/mol. The van der Waals surface area contributed by atoms with E-state index < -0.39 is 0 Å². The molecule has 1 amide bonds. The Morgan fingerprint density at radius 1 is 1.25 bits per heavy atom. The molecule has 3 rings (SSSR count). The monoisotopic (exact) mass is 267 g/mol. The van der Waals surface area contributed by atoms with E-state index in [1.165, 1.54) is 0 Å². The number of carbonyl (C=O) groups excluding carboxylic acids is 1. The van der Waals surface area contributed by atoms with E-state index >= 15 is 0 Å². The number of phenolic OH excluding ortho intramolecular Hbond substituents is 1. The van der Waals surface area contributed by atoms with Crippen molar-refractivity contribution in [3.05, 3.63) is 66.2 Å². The van der Waals surface area contributed by atoms with Gasteiger partial charge in [0.05, 0.1) is 6.33 Å². The Bertz CT molecular complexity index is 747. The van der Waals surface area contributed by atoms with Crippen molar-refractivity contribution in [2.75, 3.05) is 0 Å². The van der Waals surface area contributed by atoms with Gasteiger partial charge in [-0.3, -0.25) is 4.79 Å². The first-order chi connectivity index (χ1) is 9.72. The van der Waals surface area contributed by atoms with Crippen molar-refractivity contribution in [3.8, 4) is 5.75 Å². The first-order valence-electron chi connectivity index (χ1n) is 6.21. The van der Waals surface area contributed by atoms with E-state index in [1.807, 2.05) is 22.7 Å². The highest BCUT2D eigenvalue weighted by Gasteiger charge is 2.07. The lowest BCUT2D eigenvalue weighted by molar-refractivity contribution is 0.0946. The second-order valence-electron chi connectivity index (χ2n) is 4.46. The number of carbonyl (C=O) groups is 1. The highest BCUT2D eigenvalue weighted by Crippen LogP contribution is 2.10. The van der Waals surface area contributed by atoms with Crippen molar-refractivity contribution < 1.29 is 9.90 Å². The van der Waals surface area contributed by atoms with Gasteiger partial charge in [-0.05, 0) is 35.9 Å². The van der Waals surface area contributed by atoms with Crippen molar-refractivity contribution in [2.45, 2.75) is 6.54 Å². The number of nitrogens with zero attached hydrogens (tertiary/aromatic N) is 2. The van der Waals surface area contributed by atoms with E-state index in [-0.39, 0.29) is 11.7 Å². The summed E-state index contributed by atoms with van der Waals surface area (Å²) < 4.78 is 1.84. The summed E-state index contributed by atoms with van der Waals surface area (Å²) in [7, 11) is 0. The molecule has 5 heteroatoms. The van der Waals surface area contributed by atoms with E-state index in [9.17, 15) is 9.90 Å². The summed E-state index contributed by atoms with van der Waals surface area (Å²) in [5.74, 6) is -0.0118. The molecule has 2 heterocycles. The molecule has 2 aromatic heterocycles. The van der Waals surface area contributed by atoms with Crippen LogP contribution in [0.25, 0.3) is 5.52 Å². The predicted octanol–water partition coefficient (Wildman–Crippen LogP) is 1.97. The highest BCUT2D eigenvalue weighted by molar-refractivity contribution is 5.93. The number of phenols is 1. The molecule has 0 aliphatic carbocycles. The third-order valence-corrected chi connectivity index (χ3v) is 3.04. The maximum Gasteiger partial charge on any atom is 0.270 e. The first-order valence-corrected chi connectivity index (χ1v) is 6.21. The maximum absolute atomic E-state index is 12.0. The zero-order valence-corrected chi connectivity index (χ0v) is 10.7. The maximum atomic E-state index is 12.0. The van der Waals surface area contributed by atoms with Crippen LogP contribution in [0.1, 0.15) is 16.1 Å². The Balaban J connectivity index is 1.70. The summed E-state index contributed by atoms with van der Waals surface area (Å²) in [6.07, 6.45) is 3.49. The van der Waals surface area contributed by atoms with Crippen LogP contribution in [0.4, 0.5) is 0 Å². The Morgan fingerprint density at radius 3 is 2.85 bits per heavy atom. The molecule has 0 radical (unpaired) electrons. The minimum atomic E-state index is -0.221. The minimum Gasteiger partial charge on any atom is -0.508 e. The normalized spacial score (nSPS) is 10.6. The fourth-order valence-electron chi connectivity index (χ4n) is 1.95. The van der Waals surface area contributed by atoms with E-state index in [1.54, 1.807) is 36.7 Å². The molecule has 0 unspecified atom stereocenters. The summed E-state index contributed by atoms with van der Waals surface area (Å²) in [5, 5.41) is 12.0. The molecule has 1 aromatic carbocycles. The summed E-state index contributed by atoms with van der Waals surface area (Å²) in [4.78, 5) is 16.1. The number of amides is 1. The number of rotatable bonds is 3. The van der Waals surface area contributed by atoms with E-state index in [0.29, 0.717) is 12.2 Å². The van der Waals surface area contributed by atoms with Gasteiger partial charge in [0.1, 0.15) is 11.4 Å². The van der Waals surface area contributed by atoms with Gasteiger partial charge in [-0.15, -0.1) is 0 Å². The zero-order valence-electron chi connectivity index (χ0n) is 10.7. The van der Waals surface area contributed by atoms with Gasteiger partial charge in [0.15, 0.2) is 0 Å². The van der Waals surface area contributed by atoms with Gasteiger partial charge < -0.3 is 14.8 Å². The molecule has 0 atom stereocenters. The molecule has 2 N–H and O–H groups in total. The Morgan fingerprint density at radius 2 is 2.05 bits per heavy atom. The van der Waals surface area contributed by atoms with Crippen LogP contribution < -0.4 is 5.32 Å². The number of aromatic hydroxyl groups is 1. The van der Waals surface area contributed by atoms with Gasteiger partial charge in [-0.2, -0.15) is 0 Å². The number of hydrogen-bond acceptors (Lipinski definition) is 3. The zero-order chi connectivity index (χ0) is 13.9. The van der Waals surface area contributed by atoms with Crippen LogP contribution in [-0.4, -0.2) is 20.4 Å². The quantitative estimate of drug-likeness (QED) is 0.762. The fraction of sp³-hybridized carbons (Fsp3) is 0.0667. The molecule has 0 saturated heterocycles. The number of fused-ring (bicyclic) bond motifs is 1. The summed E-state index contributed by atoms with van der Waals surface area (Å²) >= 11 is 0. The third kappa shape index (κ3) is 2.47. The molecule has 0 aliphatic heterocycles. The highest BCUT2D eigenvalue weighted by atomic mass is 16.3. The lowest BCUT2D eigenvalue weighted by atomic mass is 10.2. The van der Waals surface area contributed by atoms with Gasteiger partial charge >= 0.3 is 0 Å². The third-order valence-electron chi connectivity index (χ3n) is 3.04. The molecule has 0 saturated carbocycles. The number of aromatic nitrogens is 2. The summed E-state index contributed by atoms with van der Waals surface area (Å²) in [6, 6.07) is 12.3. The van der Waals surface area contributed by atoms with Gasteiger partial charge in [0, 0.05) is 18.3 Å². The van der Waals surface area contributed by atoms with Crippen LogP contribution in [0.3, 0.4) is 0 Å². The van der Waals surface area contributed by atoms with Crippen LogP contribution in [0.5, 0.6) is 5.75 Å². The van der Waals surface area contributed by atoms with Crippen LogP contribution in [0.2, 0.25) is 0 Å². The summed E-state index contributed by atoms with van der Waals surface area (Å²) in [6.45, 7) is 0.396. The molecule has 0 spiro atoms. The molecule has 20 heavy (non-hydrogen) atoms. The van der Waals surface area contributed by atoms with Gasteiger partial charge in [0.2, 0.25) is 0 Å². The second-order valence-corrected chi connectivity index (χ2v) is 4.46. The Hall–Kier alpha value is -2.82. The standard InChI is InChI=1S/C15H13N3O2/c19-13-5-3-11(4-6-13)9-16-15(20)14-8-12-2-1-7-18(12)10-17-14/h1-8,10,19H,9H2,(H,16,20). The number of nitrogens with one attached hydrogen (secondary N) is 1. The van der Waals surface area contributed by atoms with Crippen molar-refractivity contribution in [3.63, 3.8) is 0 Å². The van der Waals surface area contributed by atoms with Crippen LogP contribution >= 0.6 is 0 Å². The van der Waals surface area contributed by atoms with Crippen LogP contribution in [0, 0.1) is 0 Å². The Labute approximate surface area is 115 Å². The predicted molar refractivity (Wildman–Crippen MR) is 74.5 cm³/mol. The van der Waals surface area contributed by atoms with Gasteiger partial charge in [-0.1, -0.05) is 12.1 Å². The first kappa shape index (κ1) is 12.2. The average molecular weight is 267 g/mol. The van der Waals surface area contributed by atoms with E-state index in [0.717, 1.165) is 11.1 Å². The Kier molecular flexibility index (Phi) is 3.09. The van der Waals surface area contributed by atoms with Gasteiger partial charge in [0.25, 0.3) is 5.91 Å². The molecule has 100 valence electrons. The summed E-state index contributed by atoms with van der Waals surface area (Å²) in [5.41, 5.74) is 2.23. The van der Waals surface area contributed by atoms with Crippen molar-refractivity contribution >= 4 is 11.4 Å². The van der Waals surface area contributed by atoms with Crippen LogP contribution in [-0.2, 0) is 6.54 Å². The van der Waals surface area contributed by atoms with E-state index in [4.69, 9.17) is 0 Å². The molecular formula is C15H13N3O2. The second kappa shape index (κ2) is 5.05. The van der Waals surface area contributed by atoms with Crippen molar-refractivity contribution in [1.29, 1.82) is 0 Å². The SMILES string of the molecule is O=C(NCc1ccc(O)cc1)c1cc2cccn2cn1. The lowest BCUT2D eigenvalue weighted by Gasteiger charge is -2.05. The largest absolute Gasteiger partial charge is 0.508 e. The average Bonchev–Trinajstić information content (AvgIpc) is 2.93. The van der Waals surface area contributed by atoms with E-state index in [2.05, 4.69) is 10.3 Å². The van der Waals surface area contributed by atoms with Crippen LogP contribution in [0.15, 0.2) is 55.0 Å². The van der Waals surface area contributed by atoms with Crippen molar-refractivity contribution in [2.24, 2.45) is 0 Å². The molecule has 5 nitrogen and oxygen atoms in total. The minimum absolute atomic E-state index is 0.209. The number of hydrogen-bond donors (Lipinski definition) is 2. The molecule has 3 aromatic rings. The molecule has 0 fully saturated rings. The van der Waals surface area contributed by atoms with Gasteiger partial charge in [-0.25, -0.2) is 4.98 Å². The topological polar surface area (TPSA) is 66.6 Å². The fourth-order valence-corrected chi connectivity index (χ4v) is 1.95. The molecule has 0 aliphatic rings. The van der Waals surface area contributed by atoms with Crippen molar-refractivity contribution in [1.82, 2.24) is 14.7 Å². The lowest BCUT2D eigenvalue weighted by Crippen LogP contribution is -2.23. The number of benzene rings is 1.